The molecule has 21 heavy (non-hydrogen) atoms. The van der Waals surface area contributed by atoms with E-state index in [1.807, 2.05) is 30.0 Å². The fourth-order valence-electron chi connectivity index (χ4n) is 3.14. The van der Waals surface area contributed by atoms with Crippen LogP contribution in [0, 0.1) is 0 Å². The first-order valence-corrected chi connectivity index (χ1v) is 10.4. The van der Waals surface area contributed by atoms with Gasteiger partial charge in [0, 0.05) is 22.0 Å². The van der Waals surface area contributed by atoms with Crippen molar-refractivity contribution in [3.63, 3.8) is 0 Å². The Bertz CT molecular complexity index is 541. The molecule has 2 aliphatic heterocycles. The number of anilines is 1. The molecule has 3 nitrogen and oxygen atoms in total. The number of halogens is 1. The zero-order valence-electron chi connectivity index (χ0n) is 11.8. The molecule has 2 unspecified atom stereocenters. The maximum atomic E-state index is 12.9. The van der Waals surface area contributed by atoms with Gasteiger partial charge < -0.3 is 10.5 Å². The maximum Gasteiger partial charge on any atom is 0.0709 e. The quantitative estimate of drug-likeness (QED) is 0.785. The van der Waals surface area contributed by atoms with E-state index < -0.39 is 10.8 Å². The third kappa shape index (κ3) is 3.49. The van der Waals surface area contributed by atoms with Gasteiger partial charge in [0.05, 0.1) is 21.3 Å². The molecular weight excluding hydrogens is 370 g/mol. The highest BCUT2D eigenvalue weighted by Gasteiger charge is 2.41. The van der Waals surface area contributed by atoms with E-state index in [4.69, 9.17) is 10.5 Å². The number of nitrogen functional groups attached to an aromatic ring is 1. The summed E-state index contributed by atoms with van der Waals surface area (Å²) in [7, 11) is -1.05. The summed E-state index contributed by atoms with van der Waals surface area (Å²) in [5.41, 5.74) is 6.62. The van der Waals surface area contributed by atoms with E-state index in [9.17, 15) is 4.21 Å². The highest BCUT2D eigenvalue weighted by molar-refractivity contribution is 9.10. The lowest BCUT2D eigenvalue weighted by molar-refractivity contribution is -0.0809. The molecule has 2 N–H and O–H groups in total. The van der Waals surface area contributed by atoms with Crippen molar-refractivity contribution in [2.75, 3.05) is 23.8 Å². The van der Waals surface area contributed by atoms with E-state index in [2.05, 4.69) is 15.9 Å². The summed E-state index contributed by atoms with van der Waals surface area (Å²) in [5, 5.41) is 0.158. The SMILES string of the molecule is Nc1cc(Br)ccc1S(=O)C1CCOC2(CCSCC2)C1. The molecule has 1 aromatic carbocycles. The van der Waals surface area contributed by atoms with Gasteiger partial charge >= 0.3 is 0 Å². The standard InChI is InChI=1S/C15H20BrNO2S2/c16-11-1-2-14(13(17)9-11)21(18)12-3-6-19-15(10-12)4-7-20-8-5-15/h1-2,9,12H,3-8,10,17H2. The number of ether oxygens (including phenoxy) is 1. The Hall–Kier alpha value is -0.0400. The lowest BCUT2D eigenvalue weighted by Gasteiger charge is -2.43. The van der Waals surface area contributed by atoms with Crippen LogP contribution in [-0.4, -0.2) is 33.2 Å². The Balaban J connectivity index is 1.77. The highest BCUT2D eigenvalue weighted by Crippen LogP contribution is 2.40. The summed E-state index contributed by atoms with van der Waals surface area (Å²) in [6.07, 6.45) is 3.93. The summed E-state index contributed by atoms with van der Waals surface area (Å²) in [6, 6.07) is 5.63. The van der Waals surface area contributed by atoms with Gasteiger partial charge in [-0.25, -0.2) is 0 Å². The second-order valence-corrected chi connectivity index (χ2v) is 9.58. The van der Waals surface area contributed by atoms with Crippen LogP contribution in [0.25, 0.3) is 0 Å². The minimum absolute atomic E-state index is 0.0338. The second-order valence-electron chi connectivity index (χ2n) is 5.74. The molecule has 2 saturated heterocycles. The Morgan fingerprint density at radius 3 is 2.86 bits per heavy atom. The van der Waals surface area contributed by atoms with Gasteiger partial charge in [-0.05, 0) is 55.4 Å². The smallest absolute Gasteiger partial charge is 0.0709 e. The zero-order valence-corrected chi connectivity index (χ0v) is 15.1. The summed E-state index contributed by atoms with van der Waals surface area (Å²) in [4.78, 5) is 0.769. The Kier molecular flexibility index (Phi) is 4.98. The van der Waals surface area contributed by atoms with Gasteiger partial charge in [0.25, 0.3) is 0 Å². The van der Waals surface area contributed by atoms with Gasteiger partial charge in [0.1, 0.15) is 0 Å². The third-order valence-electron chi connectivity index (χ3n) is 4.34. The first-order valence-electron chi connectivity index (χ1n) is 7.27. The fourth-order valence-corrected chi connectivity index (χ4v) is 6.37. The molecule has 6 heteroatoms. The summed E-state index contributed by atoms with van der Waals surface area (Å²) >= 11 is 5.39. The summed E-state index contributed by atoms with van der Waals surface area (Å²) in [6.45, 7) is 0.720. The number of thioether (sulfide) groups is 1. The van der Waals surface area contributed by atoms with Gasteiger partial charge in [0.2, 0.25) is 0 Å². The van der Waals surface area contributed by atoms with Crippen LogP contribution in [0.2, 0.25) is 0 Å². The number of hydrogen-bond donors (Lipinski definition) is 1. The molecule has 0 radical (unpaired) electrons. The summed E-state index contributed by atoms with van der Waals surface area (Å²) < 4.78 is 19.9. The van der Waals surface area contributed by atoms with Gasteiger partial charge in [-0.15, -0.1) is 0 Å². The first kappa shape index (κ1) is 15.8. The molecule has 2 aliphatic rings. The van der Waals surface area contributed by atoms with Crippen molar-refractivity contribution in [3.05, 3.63) is 22.7 Å². The van der Waals surface area contributed by atoms with Crippen LogP contribution in [0.3, 0.4) is 0 Å². The van der Waals surface area contributed by atoms with Crippen LogP contribution in [-0.2, 0) is 15.5 Å². The number of nitrogens with two attached hydrogens (primary N) is 1. The molecule has 2 heterocycles. The van der Waals surface area contributed by atoms with Gasteiger partial charge in [0.15, 0.2) is 0 Å². The molecule has 1 aromatic rings. The molecule has 0 aliphatic carbocycles. The van der Waals surface area contributed by atoms with Gasteiger partial charge in [-0.1, -0.05) is 15.9 Å². The molecule has 0 bridgehead atoms. The normalized spacial score (nSPS) is 26.6. The Morgan fingerprint density at radius 2 is 2.14 bits per heavy atom. The molecule has 0 saturated carbocycles. The fraction of sp³-hybridized carbons (Fsp3) is 0.600. The lowest BCUT2D eigenvalue weighted by atomic mass is 9.88. The van der Waals surface area contributed by atoms with Crippen molar-refractivity contribution >= 4 is 44.2 Å². The second kappa shape index (κ2) is 6.60. The van der Waals surface area contributed by atoms with E-state index in [1.54, 1.807) is 0 Å². The number of hydrogen-bond acceptors (Lipinski definition) is 4. The van der Waals surface area contributed by atoms with Crippen molar-refractivity contribution < 1.29 is 8.95 Å². The van der Waals surface area contributed by atoms with Crippen molar-refractivity contribution in [1.82, 2.24) is 0 Å². The van der Waals surface area contributed by atoms with Crippen molar-refractivity contribution in [2.24, 2.45) is 0 Å². The van der Waals surface area contributed by atoms with E-state index in [0.717, 1.165) is 53.2 Å². The van der Waals surface area contributed by atoms with Crippen molar-refractivity contribution in [3.8, 4) is 0 Å². The first-order chi connectivity index (χ1) is 10.1. The lowest BCUT2D eigenvalue weighted by Crippen LogP contribution is -2.45. The largest absolute Gasteiger partial charge is 0.398 e. The molecule has 1 spiro atoms. The van der Waals surface area contributed by atoms with Crippen molar-refractivity contribution in [2.45, 2.75) is 41.4 Å². The molecule has 2 fully saturated rings. The van der Waals surface area contributed by atoms with Gasteiger partial charge in [-0.3, -0.25) is 4.21 Å². The average Bonchev–Trinajstić information content (AvgIpc) is 2.47. The van der Waals surface area contributed by atoms with E-state index in [1.165, 1.54) is 0 Å². The average molecular weight is 390 g/mol. The van der Waals surface area contributed by atoms with Gasteiger partial charge in [-0.2, -0.15) is 11.8 Å². The molecule has 116 valence electrons. The molecule has 0 amide bonds. The maximum absolute atomic E-state index is 12.9. The molecule has 3 rings (SSSR count). The van der Waals surface area contributed by atoms with E-state index >= 15 is 0 Å². The Labute approximate surface area is 141 Å². The van der Waals surface area contributed by atoms with E-state index in [-0.39, 0.29) is 10.9 Å². The minimum Gasteiger partial charge on any atom is -0.398 e. The zero-order chi connectivity index (χ0) is 14.9. The van der Waals surface area contributed by atoms with Crippen LogP contribution in [0.1, 0.15) is 25.7 Å². The van der Waals surface area contributed by atoms with Crippen molar-refractivity contribution in [1.29, 1.82) is 0 Å². The Morgan fingerprint density at radius 1 is 1.38 bits per heavy atom. The topological polar surface area (TPSA) is 52.3 Å². The van der Waals surface area contributed by atoms with Crippen LogP contribution in [0.5, 0.6) is 0 Å². The summed E-state index contributed by atoms with van der Waals surface area (Å²) in [5.74, 6) is 2.31. The number of benzene rings is 1. The molecule has 2 atom stereocenters. The van der Waals surface area contributed by atoms with Crippen LogP contribution < -0.4 is 5.73 Å². The van der Waals surface area contributed by atoms with E-state index in [0.29, 0.717) is 5.69 Å². The predicted octanol–water partition coefficient (Wildman–Crippen LogP) is 3.58. The molecule has 0 aromatic heterocycles. The van der Waals surface area contributed by atoms with Crippen LogP contribution >= 0.6 is 27.7 Å². The van der Waals surface area contributed by atoms with Crippen LogP contribution in [0.15, 0.2) is 27.6 Å². The number of rotatable bonds is 2. The monoisotopic (exact) mass is 389 g/mol. The molecular formula is C15H20BrNO2S2. The minimum atomic E-state index is -1.05. The highest BCUT2D eigenvalue weighted by atomic mass is 79.9. The van der Waals surface area contributed by atoms with Crippen LogP contribution in [0.4, 0.5) is 5.69 Å². The third-order valence-corrected chi connectivity index (χ3v) is 7.64. The predicted molar refractivity (Wildman–Crippen MR) is 93.2 cm³/mol.